The fourth-order valence-corrected chi connectivity index (χ4v) is 0.811. The van der Waals surface area contributed by atoms with Crippen molar-refractivity contribution in [2.75, 3.05) is 13.2 Å². The maximum Gasteiger partial charge on any atom is 0.202 e. The molecule has 3 nitrogen and oxygen atoms in total. The predicted molar refractivity (Wildman–Crippen MR) is 37.8 cm³/mol. The lowest BCUT2D eigenvalue weighted by Crippen LogP contribution is -2.20. The lowest BCUT2D eigenvalue weighted by atomic mass is 10.3. The van der Waals surface area contributed by atoms with Gasteiger partial charge in [0.25, 0.3) is 0 Å². The van der Waals surface area contributed by atoms with Gasteiger partial charge in [-0.2, -0.15) is 0 Å². The molecule has 0 atom stereocenters. The molecule has 0 saturated carbocycles. The molecule has 0 spiro atoms. The smallest absolute Gasteiger partial charge is 0.202 e. The summed E-state index contributed by atoms with van der Waals surface area (Å²) in [7, 11) is 0. The molecule has 59 valence electrons. The van der Waals surface area contributed by atoms with Crippen molar-refractivity contribution in [2.45, 2.75) is 26.2 Å². The van der Waals surface area contributed by atoms with Crippen LogP contribution in [0.15, 0.2) is 0 Å². The van der Waals surface area contributed by atoms with Crippen molar-refractivity contribution in [1.29, 1.82) is 0 Å². The van der Waals surface area contributed by atoms with E-state index in [1.165, 1.54) is 12.8 Å². The molecular weight excluding hydrogens is 130 g/mol. The second-order valence-corrected chi connectivity index (χ2v) is 2.36. The molecule has 0 unspecified atom stereocenters. The predicted octanol–water partition coefficient (Wildman–Crippen LogP) is 1.22. The molecule has 1 fully saturated rings. The summed E-state index contributed by atoms with van der Waals surface area (Å²) in [6, 6.07) is 0. The Morgan fingerprint density at radius 1 is 1.60 bits per heavy atom. The highest BCUT2D eigenvalue weighted by atomic mass is 17.2. The molecule has 1 radical (unpaired) electrons. The highest BCUT2D eigenvalue weighted by Gasteiger charge is 2.17. The average Bonchev–Trinajstić information content (AvgIpc) is 2.41. The van der Waals surface area contributed by atoms with Gasteiger partial charge in [-0.25, -0.2) is 9.78 Å². The normalized spacial score (nSPS) is 20.1. The van der Waals surface area contributed by atoms with Gasteiger partial charge in [0.2, 0.25) is 6.23 Å². The molecule has 0 bridgehead atoms. The minimum atomic E-state index is 0.689. The fraction of sp³-hybridized carbons (Fsp3) is 0.857. The van der Waals surface area contributed by atoms with E-state index in [2.05, 4.69) is 17.1 Å². The van der Waals surface area contributed by atoms with Gasteiger partial charge in [-0.05, 0) is 13.0 Å². The van der Waals surface area contributed by atoms with E-state index in [1.807, 2.05) is 0 Å². The van der Waals surface area contributed by atoms with Gasteiger partial charge < -0.3 is 0 Å². The SMILES string of the molecule is CCCCN[C]1CCOO1. The molecule has 1 N–H and O–H groups in total. The van der Waals surface area contributed by atoms with E-state index in [9.17, 15) is 0 Å². The van der Waals surface area contributed by atoms with Crippen molar-refractivity contribution >= 4 is 0 Å². The Balaban J connectivity index is 1.91. The highest BCUT2D eigenvalue weighted by Crippen LogP contribution is 2.12. The quantitative estimate of drug-likeness (QED) is 0.475. The first-order chi connectivity index (χ1) is 4.93. The molecule has 0 aromatic rings. The topological polar surface area (TPSA) is 30.5 Å². The average molecular weight is 144 g/mol. The fourth-order valence-electron chi connectivity index (χ4n) is 0.811. The molecule has 1 rings (SSSR count). The molecule has 0 aromatic carbocycles. The zero-order valence-corrected chi connectivity index (χ0v) is 6.35. The van der Waals surface area contributed by atoms with Gasteiger partial charge in [-0.3, -0.25) is 5.32 Å². The van der Waals surface area contributed by atoms with Crippen LogP contribution in [0.3, 0.4) is 0 Å². The molecule has 0 amide bonds. The van der Waals surface area contributed by atoms with Crippen molar-refractivity contribution in [3.63, 3.8) is 0 Å². The standard InChI is InChI=1S/C7H14NO2/c1-2-3-5-8-7-4-6-9-10-7/h8H,2-6H2,1H3. The highest BCUT2D eigenvalue weighted by molar-refractivity contribution is 4.75. The third-order valence-electron chi connectivity index (χ3n) is 1.42. The third kappa shape index (κ3) is 2.64. The van der Waals surface area contributed by atoms with Crippen LogP contribution in [0.5, 0.6) is 0 Å². The van der Waals surface area contributed by atoms with E-state index in [0.717, 1.165) is 19.2 Å². The minimum Gasteiger partial charge on any atom is -0.283 e. The summed E-state index contributed by atoms with van der Waals surface area (Å²) in [5.41, 5.74) is 0. The second-order valence-electron chi connectivity index (χ2n) is 2.36. The Kier molecular flexibility index (Phi) is 3.72. The molecule has 1 aliphatic heterocycles. The first-order valence-electron chi connectivity index (χ1n) is 3.82. The first-order valence-corrected chi connectivity index (χ1v) is 3.82. The molecule has 1 aliphatic rings. The summed E-state index contributed by atoms with van der Waals surface area (Å²) >= 11 is 0. The van der Waals surface area contributed by atoms with Gasteiger partial charge in [0.15, 0.2) is 0 Å². The zero-order valence-electron chi connectivity index (χ0n) is 6.35. The van der Waals surface area contributed by atoms with E-state index in [1.54, 1.807) is 0 Å². The van der Waals surface area contributed by atoms with Crippen LogP contribution in [0.2, 0.25) is 0 Å². The Labute approximate surface area is 61.6 Å². The van der Waals surface area contributed by atoms with Crippen LogP contribution in [0.1, 0.15) is 26.2 Å². The molecule has 1 heterocycles. The Morgan fingerprint density at radius 2 is 2.50 bits per heavy atom. The van der Waals surface area contributed by atoms with E-state index < -0.39 is 0 Å². The molecular formula is C7H14NO2. The molecule has 0 aliphatic carbocycles. The summed E-state index contributed by atoms with van der Waals surface area (Å²) < 4.78 is 0. The summed E-state index contributed by atoms with van der Waals surface area (Å²) in [6.07, 6.45) is 4.17. The van der Waals surface area contributed by atoms with Crippen molar-refractivity contribution in [3.05, 3.63) is 6.23 Å². The molecule has 1 saturated heterocycles. The third-order valence-corrected chi connectivity index (χ3v) is 1.42. The van der Waals surface area contributed by atoms with Gasteiger partial charge in [-0.1, -0.05) is 13.3 Å². The van der Waals surface area contributed by atoms with Gasteiger partial charge >= 0.3 is 0 Å². The van der Waals surface area contributed by atoms with E-state index in [4.69, 9.17) is 4.89 Å². The molecule has 0 aromatic heterocycles. The minimum absolute atomic E-state index is 0.689. The number of nitrogens with one attached hydrogen (secondary N) is 1. The van der Waals surface area contributed by atoms with E-state index in [0.29, 0.717) is 6.61 Å². The van der Waals surface area contributed by atoms with E-state index >= 15 is 0 Å². The van der Waals surface area contributed by atoms with Crippen LogP contribution in [0.25, 0.3) is 0 Å². The van der Waals surface area contributed by atoms with Crippen LogP contribution >= 0.6 is 0 Å². The maximum atomic E-state index is 4.81. The molecule has 10 heavy (non-hydrogen) atoms. The Bertz CT molecular complexity index is 81.7. The largest absolute Gasteiger partial charge is 0.283 e. The lowest BCUT2D eigenvalue weighted by molar-refractivity contribution is -0.248. The van der Waals surface area contributed by atoms with Crippen molar-refractivity contribution < 1.29 is 9.78 Å². The van der Waals surface area contributed by atoms with Crippen LogP contribution < -0.4 is 5.32 Å². The zero-order chi connectivity index (χ0) is 7.23. The van der Waals surface area contributed by atoms with Gasteiger partial charge in [0.1, 0.15) is 0 Å². The summed E-state index contributed by atoms with van der Waals surface area (Å²) in [6.45, 7) is 3.85. The molecule has 3 heteroatoms. The number of unbranched alkanes of at least 4 members (excludes halogenated alkanes) is 1. The van der Waals surface area contributed by atoms with Crippen molar-refractivity contribution in [3.8, 4) is 0 Å². The van der Waals surface area contributed by atoms with Gasteiger partial charge in [0, 0.05) is 6.42 Å². The maximum absolute atomic E-state index is 4.81. The Hall–Kier alpha value is -0.120. The monoisotopic (exact) mass is 144 g/mol. The van der Waals surface area contributed by atoms with Crippen LogP contribution in [-0.4, -0.2) is 13.2 Å². The number of hydrogen-bond donors (Lipinski definition) is 1. The van der Waals surface area contributed by atoms with Gasteiger partial charge in [-0.15, -0.1) is 0 Å². The van der Waals surface area contributed by atoms with Gasteiger partial charge in [0.05, 0.1) is 6.61 Å². The van der Waals surface area contributed by atoms with Crippen molar-refractivity contribution in [2.24, 2.45) is 0 Å². The number of hydrogen-bond acceptors (Lipinski definition) is 3. The summed E-state index contributed by atoms with van der Waals surface area (Å²) in [4.78, 5) is 9.49. The second kappa shape index (κ2) is 4.66. The van der Waals surface area contributed by atoms with E-state index in [-0.39, 0.29) is 0 Å². The first kappa shape index (κ1) is 7.98. The van der Waals surface area contributed by atoms with Crippen LogP contribution in [0, 0.1) is 6.23 Å². The van der Waals surface area contributed by atoms with Crippen LogP contribution in [-0.2, 0) is 9.78 Å². The number of rotatable bonds is 4. The van der Waals surface area contributed by atoms with Crippen LogP contribution in [0.4, 0.5) is 0 Å². The Morgan fingerprint density at radius 3 is 3.10 bits per heavy atom. The van der Waals surface area contributed by atoms with Crippen molar-refractivity contribution in [1.82, 2.24) is 5.32 Å². The lowest BCUT2D eigenvalue weighted by Gasteiger charge is -2.05. The summed E-state index contributed by atoms with van der Waals surface area (Å²) in [5, 5.41) is 3.15. The summed E-state index contributed by atoms with van der Waals surface area (Å²) in [5.74, 6) is 0.